The minimum Gasteiger partial charge on any atom is -0.507 e. The molecule has 0 aliphatic rings. The van der Waals surface area contributed by atoms with Gasteiger partial charge in [-0.25, -0.2) is 5.43 Å². The second kappa shape index (κ2) is 5.87. The summed E-state index contributed by atoms with van der Waals surface area (Å²) in [4.78, 5) is 12.3. The van der Waals surface area contributed by atoms with Crippen LogP contribution < -0.4 is 5.43 Å². The molecule has 6 heteroatoms. The Morgan fingerprint density at radius 2 is 1.82 bits per heavy atom. The van der Waals surface area contributed by atoms with Crippen molar-refractivity contribution in [1.82, 2.24) is 5.43 Å². The SMILES string of the molecule is O=C(N/N=C/c1ccccc1O)c1sc2ccccc2c1O. The van der Waals surface area contributed by atoms with Gasteiger partial charge in [0.25, 0.3) is 5.91 Å². The Hall–Kier alpha value is -2.86. The molecule has 2 aromatic carbocycles. The minimum absolute atomic E-state index is 0.0455. The van der Waals surface area contributed by atoms with Gasteiger partial charge in [-0.15, -0.1) is 11.3 Å². The number of fused-ring (bicyclic) bond motifs is 1. The van der Waals surface area contributed by atoms with Crippen molar-refractivity contribution >= 4 is 33.5 Å². The second-order valence-electron chi connectivity index (χ2n) is 4.53. The summed E-state index contributed by atoms with van der Waals surface area (Å²) in [5.74, 6) is -0.466. The van der Waals surface area contributed by atoms with E-state index in [0.29, 0.717) is 10.9 Å². The van der Waals surface area contributed by atoms with Gasteiger partial charge in [0.2, 0.25) is 0 Å². The number of hydrogen-bond donors (Lipinski definition) is 3. The Labute approximate surface area is 130 Å². The molecule has 110 valence electrons. The Kier molecular flexibility index (Phi) is 3.76. The van der Waals surface area contributed by atoms with Crippen molar-refractivity contribution in [3.05, 3.63) is 59.0 Å². The molecular formula is C16H12N2O3S. The number of amides is 1. The smallest absolute Gasteiger partial charge is 0.285 e. The van der Waals surface area contributed by atoms with Crippen LogP contribution in [0.4, 0.5) is 0 Å². The number of phenols is 1. The Balaban J connectivity index is 1.79. The number of phenolic OH excluding ortho intramolecular Hbond substituents is 1. The van der Waals surface area contributed by atoms with Crippen LogP contribution in [0.3, 0.4) is 0 Å². The van der Waals surface area contributed by atoms with Crippen molar-refractivity contribution in [3.8, 4) is 11.5 Å². The zero-order valence-electron chi connectivity index (χ0n) is 11.4. The van der Waals surface area contributed by atoms with Crippen molar-refractivity contribution in [2.24, 2.45) is 5.10 Å². The molecule has 0 unspecified atom stereocenters. The van der Waals surface area contributed by atoms with E-state index in [9.17, 15) is 15.0 Å². The van der Waals surface area contributed by atoms with E-state index < -0.39 is 5.91 Å². The first-order valence-electron chi connectivity index (χ1n) is 6.48. The topological polar surface area (TPSA) is 81.9 Å². The summed E-state index contributed by atoms with van der Waals surface area (Å²) in [5.41, 5.74) is 2.84. The first-order chi connectivity index (χ1) is 10.7. The molecule has 0 bridgehead atoms. The predicted molar refractivity (Wildman–Crippen MR) is 86.7 cm³/mol. The van der Waals surface area contributed by atoms with Crippen LogP contribution in [0.5, 0.6) is 11.5 Å². The Morgan fingerprint density at radius 1 is 1.09 bits per heavy atom. The molecule has 3 N–H and O–H groups in total. The van der Waals surface area contributed by atoms with Gasteiger partial charge in [-0.2, -0.15) is 5.10 Å². The second-order valence-corrected chi connectivity index (χ2v) is 5.59. The summed E-state index contributed by atoms with van der Waals surface area (Å²) in [6.07, 6.45) is 1.34. The van der Waals surface area contributed by atoms with Gasteiger partial charge in [0.1, 0.15) is 16.4 Å². The Morgan fingerprint density at radius 3 is 2.59 bits per heavy atom. The lowest BCUT2D eigenvalue weighted by Gasteiger charge is -1.99. The van der Waals surface area contributed by atoms with E-state index in [1.165, 1.54) is 23.6 Å². The van der Waals surface area contributed by atoms with Gasteiger partial charge in [0.05, 0.1) is 6.21 Å². The molecule has 0 aliphatic heterocycles. The molecule has 1 aromatic heterocycles. The summed E-state index contributed by atoms with van der Waals surface area (Å²) < 4.78 is 0.829. The lowest BCUT2D eigenvalue weighted by Crippen LogP contribution is -2.16. The number of para-hydroxylation sites is 1. The van der Waals surface area contributed by atoms with Crippen LogP contribution in [0.25, 0.3) is 10.1 Å². The number of carbonyl (C=O) groups excluding carboxylic acids is 1. The largest absolute Gasteiger partial charge is 0.507 e. The fraction of sp³-hybridized carbons (Fsp3) is 0. The monoisotopic (exact) mass is 312 g/mol. The normalized spacial score (nSPS) is 11.1. The first-order valence-corrected chi connectivity index (χ1v) is 7.30. The van der Waals surface area contributed by atoms with Crippen molar-refractivity contribution in [2.45, 2.75) is 0 Å². The van der Waals surface area contributed by atoms with E-state index in [-0.39, 0.29) is 16.4 Å². The van der Waals surface area contributed by atoms with Crippen LogP contribution in [-0.2, 0) is 0 Å². The fourth-order valence-electron chi connectivity index (χ4n) is 1.99. The third-order valence-electron chi connectivity index (χ3n) is 3.08. The average Bonchev–Trinajstić information content (AvgIpc) is 2.87. The van der Waals surface area contributed by atoms with E-state index in [1.54, 1.807) is 30.3 Å². The van der Waals surface area contributed by atoms with Crippen LogP contribution in [-0.4, -0.2) is 22.3 Å². The molecule has 0 fully saturated rings. The summed E-state index contributed by atoms with van der Waals surface area (Å²) >= 11 is 1.20. The summed E-state index contributed by atoms with van der Waals surface area (Å²) in [5, 5.41) is 24.1. The highest BCUT2D eigenvalue weighted by Crippen LogP contribution is 2.36. The molecule has 5 nitrogen and oxygen atoms in total. The maximum atomic E-state index is 12.1. The zero-order chi connectivity index (χ0) is 15.5. The van der Waals surface area contributed by atoms with Crippen molar-refractivity contribution in [3.63, 3.8) is 0 Å². The minimum atomic E-state index is -0.495. The molecule has 22 heavy (non-hydrogen) atoms. The third kappa shape index (κ3) is 2.64. The highest BCUT2D eigenvalue weighted by Gasteiger charge is 2.17. The number of benzene rings is 2. The number of rotatable bonds is 3. The van der Waals surface area contributed by atoms with Gasteiger partial charge in [-0.1, -0.05) is 24.3 Å². The third-order valence-corrected chi connectivity index (χ3v) is 4.24. The van der Waals surface area contributed by atoms with Crippen molar-refractivity contribution < 1.29 is 15.0 Å². The molecule has 1 heterocycles. The maximum Gasteiger partial charge on any atom is 0.285 e. The molecule has 0 aliphatic carbocycles. The van der Waals surface area contributed by atoms with Crippen molar-refractivity contribution in [1.29, 1.82) is 0 Å². The van der Waals surface area contributed by atoms with E-state index >= 15 is 0 Å². The lowest BCUT2D eigenvalue weighted by molar-refractivity contribution is 0.0957. The molecular weight excluding hydrogens is 300 g/mol. The van der Waals surface area contributed by atoms with Gasteiger partial charge in [0, 0.05) is 15.6 Å². The highest BCUT2D eigenvalue weighted by molar-refractivity contribution is 7.21. The number of carbonyl (C=O) groups is 1. The highest BCUT2D eigenvalue weighted by atomic mass is 32.1. The molecule has 0 saturated carbocycles. The van der Waals surface area contributed by atoms with Crippen LogP contribution in [0, 0.1) is 0 Å². The van der Waals surface area contributed by atoms with E-state index in [1.807, 2.05) is 12.1 Å². The van der Waals surface area contributed by atoms with E-state index in [2.05, 4.69) is 10.5 Å². The number of hydrazone groups is 1. The van der Waals surface area contributed by atoms with Gasteiger partial charge < -0.3 is 10.2 Å². The summed E-state index contributed by atoms with van der Waals surface area (Å²) in [6.45, 7) is 0. The van der Waals surface area contributed by atoms with Gasteiger partial charge in [-0.05, 0) is 24.3 Å². The number of hydrogen-bond acceptors (Lipinski definition) is 5. The lowest BCUT2D eigenvalue weighted by atomic mass is 10.2. The van der Waals surface area contributed by atoms with Crippen LogP contribution in [0.2, 0.25) is 0 Å². The van der Waals surface area contributed by atoms with Crippen LogP contribution in [0.15, 0.2) is 53.6 Å². The maximum absolute atomic E-state index is 12.1. The average molecular weight is 312 g/mol. The molecule has 1 amide bonds. The van der Waals surface area contributed by atoms with Crippen molar-refractivity contribution in [2.75, 3.05) is 0 Å². The fourth-order valence-corrected chi connectivity index (χ4v) is 2.98. The molecule has 0 atom stereocenters. The van der Waals surface area contributed by atoms with E-state index in [4.69, 9.17) is 0 Å². The number of nitrogens with one attached hydrogen (secondary N) is 1. The van der Waals surface area contributed by atoms with Gasteiger partial charge >= 0.3 is 0 Å². The quantitative estimate of drug-likeness (QED) is 0.513. The first kappa shape index (κ1) is 14.1. The Bertz CT molecular complexity index is 871. The number of nitrogens with zero attached hydrogens (tertiary/aromatic N) is 1. The van der Waals surface area contributed by atoms with Gasteiger partial charge in [0.15, 0.2) is 0 Å². The number of aromatic hydroxyl groups is 2. The summed E-state index contributed by atoms with van der Waals surface area (Å²) in [7, 11) is 0. The molecule has 3 aromatic rings. The van der Waals surface area contributed by atoms with E-state index in [0.717, 1.165) is 4.70 Å². The molecule has 0 saturated heterocycles. The zero-order valence-corrected chi connectivity index (χ0v) is 12.2. The van der Waals surface area contributed by atoms with Gasteiger partial charge in [-0.3, -0.25) is 4.79 Å². The van der Waals surface area contributed by atoms with Crippen LogP contribution >= 0.6 is 11.3 Å². The summed E-state index contributed by atoms with van der Waals surface area (Å²) in [6, 6.07) is 13.9. The molecule has 3 rings (SSSR count). The van der Waals surface area contributed by atoms with Crippen LogP contribution in [0.1, 0.15) is 15.2 Å². The standard InChI is InChI=1S/C16H12N2O3S/c19-12-7-3-1-5-10(12)9-17-18-16(21)15-14(20)11-6-2-4-8-13(11)22-15/h1-9,19-20H,(H,18,21)/b17-9+. The molecule has 0 radical (unpaired) electrons. The predicted octanol–water partition coefficient (Wildman–Crippen LogP) is 3.08. The number of thiophene rings is 1. The molecule has 0 spiro atoms.